The minimum absolute atomic E-state index is 0.558. The minimum Gasteiger partial charge on any atom is -0.369 e. The lowest BCUT2D eigenvalue weighted by atomic mass is 10.1. The normalized spacial score (nSPS) is 13.2. The molecule has 3 rings (SSSR count). The van der Waals surface area contributed by atoms with Gasteiger partial charge in [-0.2, -0.15) is 9.78 Å². The van der Waals surface area contributed by atoms with Crippen LogP contribution in [0.3, 0.4) is 0 Å². The molecule has 0 bridgehead atoms. The Bertz CT molecular complexity index is 574. The molecule has 1 aliphatic rings. The Morgan fingerprint density at radius 2 is 2.12 bits per heavy atom. The molecule has 5 nitrogen and oxygen atoms in total. The van der Waals surface area contributed by atoms with E-state index in [2.05, 4.69) is 10.4 Å². The lowest BCUT2D eigenvalue weighted by Crippen LogP contribution is -2.22. The molecule has 1 aromatic heterocycles. The highest BCUT2D eigenvalue weighted by molar-refractivity contribution is 5.83. The van der Waals surface area contributed by atoms with Crippen molar-refractivity contribution in [1.82, 2.24) is 9.78 Å². The number of anilines is 1. The summed E-state index contributed by atoms with van der Waals surface area (Å²) in [5, 5.41) is 7.42. The predicted octanol–water partition coefficient (Wildman–Crippen LogP) is 1.44. The van der Waals surface area contributed by atoms with Gasteiger partial charge in [0.25, 0.3) is 0 Å². The zero-order valence-corrected chi connectivity index (χ0v) is 9.18. The van der Waals surface area contributed by atoms with Crippen molar-refractivity contribution in [2.75, 3.05) is 11.9 Å². The number of nitrogens with zero attached hydrogens (tertiary/aromatic N) is 2. The van der Waals surface area contributed by atoms with Crippen molar-refractivity contribution < 1.29 is 4.79 Å². The molecule has 3 N–H and O–H groups in total. The first-order valence-corrected chi connectivity index (χ1v) is 5.48. The summed E-state index contributed by atoms with van der Waals surface area (Å²) in [6.07, 6.45) is 0.868. The summed E-state index contributed by atoms with van der Waals surface area (Å²) in [6, 6.07) is 9.25. The summed E-state index contributed by atoms with van der Waals surface area (Å²) in [7, 11) is 0. The first-order valence-electron chi connectivity index (χ1n) is 5.48. The van der Waals surface area contributed by atoms with Crippen molar-refractivity contribution in [3.8, 4) is 11.3 Å². The fraction of sp³-hybridized carbons (Fsp3) is 0.167. The van der Waals surface area contributed by atoms with E-state index < -0.39 is 6.03 Å². The van der Waals surface area contributed by atoms with Gasteiger partial charge in [-0.25, -0.2) is 4.79 Å². The number of carbonyl (C=O) groups excluding carboxylic acids is 1. The van der Waals surface area contributed by atoms with Crippen molar-refractivity contribution in [3.05, 3.63) is 35.9 Å². The SMILES string of the molecule is NC(=O)n1nc(-c2ccccc2)c2c1NCC2. The Morgan fingerprint density at radius 3 is 2.82 bits per heavy atom. The van der Waals surface area contributed by atoms with Crippen LogP contribution < -0.4 is 11.1 Å². The molecule has 86 valence electrons. The molecule has 0 aliphatic carbocycles. The summed E-state index contributed by atoms with van der Waals surface area (Å²) in [5.41, 5.74) is 8.21. The van der Waals surface area contributed by atoms with E-state index in [1.807, 2.05) is 30.3 Å². The molecule has 17 heavy (non-hydrogen) atoms. The summed E-state index contributed by atoms with van der Waals surface area (Å²) in [4.78, 5) is 11.3. The molecule has 1 aliphatic heterocycles. The molecule has 0 fully saturated rings. The van der Waals surface area contributed by atoms with E-state index in [0.717, 1.165) is 35.6 Å². The molecular weight excluding hydrogens is 216 g/mol. The third kappa shape index (κ3) is 1.47. The summed E-state index contributed by atoms with van der Waals surface area (Å²) in [5.74, 6) is 0.733. The van der Waals surface area contributed by atoms with Gasteiger partial charge in [-0.1, -0.05) is 30.3 Å². The van der Waals surface area contributed by atoms with E-state index in [1.165, 1.54) is 4.68 Å². The van der Waals surface area contributed by atoms with Crippen LogP contribution in [0.1, 0.15) is 5.56 Å². The number of hydrogen-bond acceptors (Lipinski definition) is 3. The Balaban J connectivity index is 2.19. The van der Waals surface area contributed by atoms with Crippen molar-refractivity contribution >= 4 is 11.8 Å². The number of rotatable bonds is 1. The lowest BCUT2D eigenvalue weighted by molar-refractivity contribution is 0.248. The second-order valence-electron chi connectivity index (χ2n) is 3.97. The van der Waals surface area contributed by atoms with Gasteiger partial charge in [0, 0.05) is 17.7 Å². The number of aromatic nitrogens is 2. The molecule has 0 unspecified atom stereocenters. The average molecular weight is 228 g/mol. The summed E-state index contributed by atoms with van der Waals surface area (Å²) < 4.78 is 1.24. The van der Waals surface area contributed by atoms with Crippen LogP contribution in [-0.4, -0.2) is 22.4 Å². The van der Waals surface area contributed by atoms with Crippen LogP contribution >= 0.6 is 0 Å². The van der Waals surface area contributed by atoms with Crippen LogP contribution in [0.15, 0.2) is 30.3 Å². The van der Waals surface area contributed by atoms with Crippen LogP contribution in [0, 0.1) is 0 Å². The van der Waals surface area contributed by atoms with E-state index >= 15 is 0 Å². The van der Waals surface area contributed by atoms with Gasteiger partial charge in [-0.3, -0.25) is 0 Å². The molecular formula is C12H12N4O. The fourth-order valence-corrected chi connectivity index (χ4v) is 2.16. The van der Waals surface area contributed by atoms with Crippen LogP contribution in [-0.2, 0) is 6.42 Å². The van der Waals surface area contributed by atoms with Gasteiger partial charge in [0.05, 0.1) is 5.69 Å². The Labute approximate surface area is 98.2 Å². The molecule has 2 aromatic rings. The molecule has 1 amide bonds. The van der Waals surface area contributed by atoms with E-state index in [1.54, 1.807) is 0 Å². The molecule has 1 aromatic carbocycles. The molecule has 0 saturated heterocycles. The van der Waals surface area contributed by atoms with Gasteiger partial charge >= 0.3 is 6.03 Å². The van der Waals surface area contributed by atoms with E-state index in [4.69, 9.17) is 5.73 Å². The zero-order valence-electron chi connectivity index (χ0n) is 9.18. The molecule has 0 atom stereocenters. The topological polar surface area (TPSA) is 72.9 Å². The Morgan fingerprint density at radius 1 is 1.35 bits per heavy atom. The van der Waals surface area contributed by atoms with Crippen molar-refractivity contribution in [2.24, 2.45) is 5.73 Å². The number of nitrogens with two attached hydrogens (primary N) is 1. The summed E-state index contributed by atoms with van der Waals surface area (Å²) >= 11 is 0. The highest BCUT2D eigenvalue weighted by Gasteiger charge is 2.24. The number of fused-ring (bicyclic) bond motifs is 1. The molecule has 0 radical (unpaired) electrons. The maximum atomic E-state index is 11.3. The predicted molar refractivity (Wildman–Crippen MR) is 64.8 cm³/mol. The lowest BCUT2D eigenvalue weighted by Gasteiger charge is -2.00. The second kappa shape index (κ2) is 3.62. The highest BCUT2D eigenvalue weighted by Crippen LogP contribution is 2.32. The number of carbonyl (C=O) groups is 1. The third-order valence-electron chi connectivity index (χ3n) is 2.91. The van der Waals surface area contributed by atoms with E-state index in [-0.39, 0.29) is 0 Å². The van der Waals surface area contributed by atoms with Crippen LogP contribution in [0.4, 0.5) is 10.6 Å². The van der Waals surface area contributed by atoms with Gasteiger partial charge in [0.1, 0.15) is 5.82 Å². The molecule has 5 heteroatoms. The van der Waals surface area contributed by atoms with E-state index in [0.29, 0.717) is 0 Å². The molecule has 0 saturated carbocycles. The standard InChI is InChI=1S/C12H12N4O/c13-12(17)16-11-9(6-7-14-11)10(15-16)8-4-2-1-3-5-8/h1-5,14H,6-7H2,(H2,13,17). The van der Waals surface area contributed by atoms with Crippen molar-refractivity contribution in [3.63, 3.8) is 0 Å². The van der Waals surface area contributed by atoms with Crippen LogP contribution in [0.2, 0.25) is 0 Å². The van der Waals surface area contributed by atoms with Crippen LogP contribution in [0.5, 0.6) is 0 Å². The van der Waals surface area contributed by atoms with Gasteiger partial charge in [0.2, 0.25) is 0 Å². The van der Waals surface area contributed by atoms with Crippen molar-refractivity contribution in [2.45, 2.75) is 6.42 Å². The molecule has 2 heterocycles. The number of nitrogens with one attached hydrogen (secondary N) is 1. The minimum atomic E-state index is -0.558. The van der Waals surface area contributed by atoms with Gasteiger partial charge in [-0.05, 0) is 6.42 Å². The number of benzene rings is 1. The maximum Gasteiger partial charge on any atom is 0.341 e. The monoisotopic (exact) mass is 228 g/mol. The van der Waals surface area contributed by atoms with Gasteiger partial charge < -0.3 is 11.1 Å². The highest BCUT2D eigenvalue weighted by atomic mass is 16.2. The first kappa shape index (κ1) is 9.89. The van der Waals surface area contributed by atoms with Crippen molar-refractivity contribution in [1.29, 1.82) is 0 Å². The third-order valence-corrected chi connectivity index (χ3v) is 2.91. The maximum absolute atomic E-state index is 11.3. The van der Waals surface area contributed by atoms with Crippen LogP contribution in [0.25, 0.3) is 11.3 Å². The smallest absolute Gasteiger partial charge is 0.341 e. The Kier molecular flexibility index (Phi) is 2.11. The van der Waals surface area contributed by atoms with Gasteiger partial charge in [0.15, 0.2) is 0 Å². The number of primary amides is 1. The summed E-state index contributed by atoms with van der Waals surface area (Å²) in [6.45, 7) is 0.820. The second-order valence-corrected chi connectivity index (χ2v) is 3.97. The fourth-order valence-electron chi connectivity index (χ4n) is 2.16. The largest absolute Gasteiger partial charge is 0.369 e. The first-order chi connectivity index (χ1) is 8.27. The van der Waals surface area contributed by atoms with E-state index in [9.17, 15) is 4.79 Å². The number of amides is 1. The Hall–Kier alpha value is -2.30. The van der Waals surface area contributed by atoms with Gasteiger partial charge in [-0.15, -0.1) is 0 Å². The quantitative estimate of drug-likeness (QED) is 0.775. The average Bonchev–Trinajstić information content (AvgIpc) is 2.90. The number of hydrogen-bond donors (Lipinski definition) is 2. The molecule has 0 spiro atoms. The zero-order chi connectivity index (χ0) is 11.8.